The standard InChI is InChI=1S/C15H21FN2O2/c1-10-11(2)18(8-7-17-10)15(19)12(3)20-14-6-4-5-13(16)9-14/h4-6,9-12,17H,7-8H2,1-3H3. The van der Waals surface area contributed by atoms with E-state index in [9.17, 15) is 9.18 Å². The van der Waals surface area contributed by atoms with E-state index in [-0.39, 0.29) is 23.8 Å². The zero-order valence-corrected chi connectivity index (χ0v) is 12.1. The van der Waals surface area contributed by atoms with E-state index in [4.69, 9.17) is 4.74 Å². The van der Waals surface area contributed by atoms with E-state index in [2.05, 4.69) is 12.2 Å². The van der Waals surface area contributed by atoms with E-state index in [0.29, 0.717) is 12.3 Å². The molecule has 3 atom stereocenters. The molecule has 1 N–H and O–H groups in total. The smallest absolute Gasteiger partial charge is 0.263 e. The Labute approximate surface area is 118 Å². The Kier molecular flexibility index (Phi) is 4.60. The van der Waals surface area contributed by atoms with Crippen LogP contribution < -0.4 is 10.1 Å². The molecule has 0 radical (unpaired) electrons. The second-order valence-corrected chi connectivity index (χ2v) is 5.23. The highest BCUT2D eigenvalue weighted by molar-refractivity contribution is 5.81. The lowest BCUT2D eigenvalue weighted by Gasteiger charge is -2.39. The summed E-state index contributed by atoms with van der Waals surface area (Å²) in [6.45, 7) is 7.23. The Balaban J connectivity index is 2.01. The van der Waals surface area contributed by atoms with Crippen LogP contribution in [-0.2, 0) is 4.79 Å². The molecular weight excluding hydrogens is 259 g/mol. The number of rotatable bonds is 3. The highest BCUT2D eigenvalue weighted by atomic mass is 19.1. The molecule has 1 aromatic carbocycles. The molecule has 3 unspecified atom stereocenters. The molecule has 1 heterocycles. The SMILES string of the molecule is CC(Oc1cccc(F)c1)C(=O)N1CCNC(C)C1C. The molecule has 1 fully saturated rings. The number of piperazine rings is 1. The number of carbonyl (C=O) groups excluding carboxylic acids is 1. The molecule has 110 valence electrons. The summed E-state index contributed by atoms with van der Waals surface area (Å²) in [7, 11) is 0. The van der Waals surface area contributed by atoms with E-state index in [0.717, 1.165) is 6.54 Å². The third-order valence-electron chi connectivity index (χ3n) is 3.77. The molecular formula is C15H21FN2O2. The quantitative estimate of drug-likeness (QED) is 0.918. The second-order valence-electron chi connectivity index (χ2n) is 5.23. The maximum Gasteiger partial charge on any atom is 0.263 e. The summed E-state index contributed by atoms with van der Waals surface area (Å²) in [5.74, 6) is -0.0527. The average Bonchev–Trinajstić information content (AvgIpc) is 2.41. The minimum absolute atomic E-state index is 0.0601. The van der Waals surface area contributed by atoms with Gasteiger partial charge in [0, 0.05) is 31.2 Å². The fourth-order valence-corrected chi connectivity index (χ4v) is 2.40. The van der Waals surface area contributed by atoms with Gasteiger partial charge in [-0.1, -0.05) is 6.07 Å². The molecule has 0 spiro atoms. The number of hydrogen-bond donors (Lipinski definition) is 1. The number of nitrogens with zero attached hydrogens (tertiary/aromatic N) is 1. The maximum absolute atomic E-state index is 13.1. The van der Waals surface area contributed by atoms with Crippen LogP contribution in [0, 0.1) is 5.82 Å². The topological polar surface area (TPSA) is 41.6 Å². The Hall–Kier alpha value is -1.62. The second kappa shape index (κ2) is 6.22. The van der Waals surface area contributed by atoms with Gasteiger partial charge in [0.25, 0.3) is 5.91 Å². The zero-order chi connectivity index (χ0) is 14.7. The minimum Gasteiger partial charge on any atom is -0.481 e. The van der Waals surface area contributed by atoms with Crippen molar-refractivity contribution in [2.24, 2.45) is 0 Å². The van der Waals surface area contributed by atoms with E-state index in [1.54, 1.807) is 19.1 Å². The lowest BCUT2D eigenvalue weighted by molar-refractivity contribution is -0.141. The van der Waals surface area contributed by atoms with Crippen LogP contribution in [0.15, 0.2) is 24.3 Å². The van der Waals surface area contributed by atoms with Crippen molar-refractivity contribution in [2.45, 2.75) is 39.0 Å². The van der Waals surface area contributed by atoms with Crippen LogP contribution in [0.5, 0.6) is 5.75 Å². The van der Waals surface area contributed by atoms with Crippen molar-refractivity contribution in [1.82, 2.24) is 10.2 Å². The number of carbonyl (C=O) groups is 1. The Morgan fingerprint density at radius 3 is 2.95 bits per heavy atom. The molecule has 5 heteroatoms. The van der Waals surface area contributed by atoms with Gasteiger partial charge in [-0.2, -0.15) is 0 Å². The van der Waals surface area contributed by atoms with E-state index >= 15 is 0 Å². The van der Waals surface area contributed by atoms with E-state index < -0.39 is 6.10 Å². The lowest BCUT2D eigenvalue weighted by atomic mass is 10.1. The molecule has 1 saturated heterocycles. The Morgan fingerprint density at radius 1 is 1.50 bits per heavy atom. The van der Waals surface area contributed by atoms with Gasteiger partial charge in [0.1, 0.15) is 11.6 Å². The molecule has 4 nitrogen and oxygen atoms in total. The van der Waals surface area contributed by atoms with Crippen molar-refractivity contribution in [3.05, 3.63) is 30.1 Å². The molecule has 0 saturated carbocycles. The molecule has 1 amide bonds. The summed E-state index contributed by atoms with van der Waals surface area (Å²) in [5.41, 5.74) is 0. The van der Waals surface area contributed by atoms with Crippen molar-refractivity contribution in [3.63, 3.8) is 0 Å². The fraction of sp³-hybridized carbons (Fsp3) is 0.533. The summed E-state index contributed by atoms with van der Waals surface area (Å²) >= 11 is 0. The normalized spacial score (nSPS) is 24.3. The van der Waals surface area contributed by atoms with Gasteiger partial charge < -0.3 is 15.0 Å². The van der Waals surface area contributed by atoms with Gasteiger partial charge >= 0.3 is 0 Å². The van der Waals surface area contributed by atoms with Crippen molar-refractivity contribution in [3.8, 4) is 5.75 Å². The number of hydrogen-bond acceptors (Lipinski definition) is 3. The fourth-order valence-electron chi connectivity index (χ4n) is 2.40. The van der Waals surface area contributed by atoms with Crippen LogP contribution in [0.1, 0.15) is 20.8 Å². The van der Waals surface area contributed by atoms with Crippen LogP contribution in [-0.4, -0.2) is 42.1 Å². The maximum atomic E-state index is 13.1. The highest BCUT2D eigenvalue weighted by Crippen LogP contribution is 2.16. The van der Waals surface area contributed by atoms with Crippen molar-refractivity contribution in [2.75, 3.05) is 13.1 Å². The number of nitrogens with one attached hydrogen (secondary N) is 1. The van der Waals surface area contributed by atoms with E-state index in [1.165, 1.54) is 12.1 Å². The van der Waals surface area contributed by atoms with Gasteiger partial charge in [-0.25, -0.2) is 4.39 Å². The summed E-state index contributed by atoms with van der Waals surface area (Å²) in [6.07, 6.45) is -0.621. The van der Waals surface area contributed by atoms with Gasteiger partial charge in [-0.15, -0.1) is 0 Å². The van der Waals surface area contributed by atoms with Gasteiger partial charge in [0.15, 0.2) is 6.10 Å². The highest BCUT2D eigenvalue weighted by Gasteiger charge is 2.31. The Morgan fingerprint density at radius 2 is 2.25 bits per heavy atom. The van der Waals surface area contributed by atoms with Gasteiger partial charge in [-0.05, 0) is 32.9 Å². The summed E-state index contributed by atoms with van der Waals surface area (Å²) in [6, 6.07) is 6.23. The first-order valence-electron chi connectivity index (χ1n) is 6.95. The van der Waals surface area contributed by atoms with Crippen molar-refractivity contribution < 1.29 is 13.9 Å². The molecule has 1 aliphatic rings. The minimum atomic E-state index is -0.621. The molecule has 0 aromatic heterocycles. The molecule has 1 aromatic rings. The third-order valence-corrected chi connectivity index (χ3v) is 3.77. The van der Waals surface area contributed by atoms with Crippen LogP contribution in [0.4, 0.5) is 4.39 Å². The van der Waals surface area contributed by atoms with Crippen LogP contribution >= 0.6 is 0 Å². The number of ether oxygens (including phenoxy) is 1. The molecule has 0 bridgehead atoms. The first-order valence-corrected chi connectivity index (χ1v) is 6.95. The van der Waals surface area contributed by atoms with Crippen LogP contribution in [0.2, 0.25) is 0 Å². The Bertz CT molecular complexity index is 481. The van der Waals surface area contributed by atoms with Crippen LogP contribution in [0.25, 0.3) is 0 Å². The molecule has 1 aliphatic heterocycles. The summed E-state index contributed by atoms with van der Waals surface area (Å²) in [4.78, 5) is 14.2. The van der Waals surface area contributed by atoms with Crippen LogP contribution in [0.3, 0.4) is 0 Å². The predicted octanol–water partition coefficient (Wildman–Crippen LogP) is 1.80. The predicted molar refractivity (Wildman–Crippen MR) is 75.1 cm³/mol. The monoisotopic (exact) mass is 280 g/mol. The molecule has 0 aliphatic carbocycles. The molecule has 2 rings (SSSR count). The first-order chi connectivity index (χ1) is 9.49. The third kappa shape index (κ3) is 3.28. The van der Waals surface area contributed by atoms with Gasteiger partial charge in [-0.3, -0.25) is 4.79 Å². The van der Waals surface area contributed by atoms with Gasteiger partial charge in [0.2, 0.25) is 0 Å². The van der Waals surface area contributed by atoms with Crippen molar-refractivity contribution in [1.29, 1.82) is 0 Å². The lowest BCUT2D eigenvalue weighted by Crippen LogP contribution is -2.59. The van der Waals surface area contributed by atoms with Gasteiger partial charge in [0.05, 0.1) is 0 Å². The molecule has 20 heavy (non-hydrogen) atoms. The van der Waals surface area contributed by atoms with Crippen molar-refractivity contribution >= 4 is 5.91 Å². The first kappa shape index (κ1) is 14.8. The zero-order valence-electron chi connectivity index (χ0n) is 12.1. The summed E-state index contributed by atoms with van der Waals surface area (Å²) in [5, 5.41) is 3.33. The largest absolute Gasteiger partial charge is 0.481 e. The summed E-state index contributed by atoms with van der Waals surface area (Å²) < 4.78 is 18.6. The number of halogens is 1. The number of amides is 1. The average molecular weight is 280 g/mol. The number of benzene rings is 1. The van der Waals surface area contributed by atoms with E-state index in [1.807, 2.05) is 11.8 Å².